The molecule has 1 aromatic carbocycles. The van der Waals surface area contributed by atoms with Crippen LogP contribution in [0.25, 0.3) is 6.08 Å². The largest absolute Gasteiger partial charge is 0.508 e. The lowest BCUT2D eigenvalue weighted by atomic mass is 10.0. The number of benzene rings is 1. The second kappa shape index (κ2) is 4.79. The Bertz CT molecular complexity index is 452. The van der Waals surface area contributed by atoms with E-state index in [-0.39, 0.29) is 11.6 Å². The summed E-state index contributed by atoms with van der Waals surface area (Å²) >= 11 is 0. The molecule has 2 rings (SSSR count). The summed E-state index contributed by atoms with van der Waals surface area (Å²) in [7, 11) is 0. The third-order valence-electron chi connectivity index (χ3n) is 2.48. The molecule has 1 N–H and O–H groups in total. The van der Waals surface area contributed by atoms with Crippen LogP contribution in [0.2, 0.25) is 0 Å². The maximum absolute atomic E-state index is 13.3. The number of hydrogen-bond acceptors (Lipinski definition) is 1. The predicted octanol–water partition coefficient (Wildman–Crippen LogP) is 3.98. The Balaban J connectivity index is 2.12. The van der Waals surface area contributed by atoms with Crippen molar-refractivity contribution < 1.29 is 9.50 Å². The van der Waals surface area contributed by atoms with Gasteiger partial charge in [0.1, 0.15) is 11.6 Å². The van der Waals surface area contributed by atoms with Crippen molar-refractivity contribution in [3.8, 4) is 5.75 Å². The molecule has 0 saturated heterocycles. The molecule has 0 fully saturated rings. The molecule has 0 amide bonds. The molecule has 0 radical (unpaired) electrons. The minimum Gasteiger partial charge on any atom is -0.508 e. The van der Waals surface area contributed by atoms with Crippen LogP contribution in [0.1, 0.15) is 18.4 Å². The number of halogens is 1. The Morgan fingerprint density at radius 1 is 1.00 bits per heavy atom. The predicted molar refractivity (Wildman–Crippen MR) is 63.6 cm³/mol. The fourth-order valence-corrected chi connectivity index (χ4v) is 1.58. The second-order valence-corrected chi connectivity index (χ2v) is 3.71. The Morgan fingerprint density at radius 3 is 2.38 bits per heavy atom. The van der Waals surface area contributed by atoms with Crippen LogP contribution in [-0.4, -0.2) is 5.11 Å². The summed E-state index contributed by atoms with van der Waals surface area (Å²) in [4.78, 5) is 0. The number of phenols is 1. The van der Waals surface area contributed by atoms with Gasteiger partial charge in [-0.3, -0.25) is 0 Å². The number of rotatable bonds is 2. The monoisotopic (exact) mass is 216 g/mol. The van der Waals surface area contributed by atoms with Gasteiger partial charge in [0.25, 0.3) is 0 Å². The molecule has 1 nitrogen and oxygen atoms in total. The normalized spacial score (nSPS) is 16.1. The molecule has 0 saturated carbocycles. The van der Waals surface area contributed by atoms with Gasteiger partial charge in [0.05, 0.1) is 0 Å². The van der Waals surface area contributed by atoms with Crippen molar-refractivity contribution in [1.82, 2.24) is 0 Å². The molecule has 0 aromatic heterocycles. The molecule has 1 aliphatic rings. The zero-order chi connectivity index (χ0) is 11.4. The van der Waals surface area contributed by atoms with Crippen molar-refractivity contribution in [3.05, 3.63) is 59.5 Å². The zero-order valence-corrected chi connectivity index (χ0v) is 8.86. The number of allylic oxidation sites excluding steroid dienone is 5. The van der Waals surface area contributed by atoms with Gasteiger partial charge in [0.15, 0.2) is 0 Å². The summed E-state index contributed by atoms with van der Waals surface area (Å²) in [6.45, 7) is 0. The average molecular weight is 216 g/mol. The van der Waals surface area contributed by atoms with Gasteiger partial charge in [-0.05, 0) is 36.6 Å². The number of aromatic hydroxyl groups is 1. The van der Waals surface area contributed by atoms with E-state index < -0.39 is 0 Å². The Labute approximate surface area is 94.2 Å². The van der Waals surface area contributed by atoms with E-state index in [1.54, 1.807) is 36.4 Å². The van der Waals surface area contributed by atoms with E-state index >= 15 is 0 Å². The molecule has 0 bridgehead atoms. The van der Waals surface area contributed by atoms with Gasteiger partial charge in [0, 0.05) is 5.57 Å². The summed E-state index contributed by atoms with van der Waals surface area (Å²) < 4.78 is 13.3. The summed E-state index contributed by atoms with van der Waals surface area (Å²) in [6.07, 6.45) is 8.77. The smallest absolute Gasteiger partial charge is 0.126 e. The first-order valence-corrected chi connectivity index (χ1v) is 5.29. The van der Waals surface area contributed by atoms with Crippen LogP contribution in [0.4, 0.5) is 4.39 Å². The van der Waals surface area contributed by atoms with Crippen molar-refractivity contribution in [1.29, 1.82) is 0 Å². The first-order valence-electron chi connectivity index (χ1n) is 5.29. The molecule has 0 atom stereocenters. The number of hydrogen-bond donors (Lipinski definition) is 1. The lowest BCUT2D eigenvalue weighted by Gasteiger charge is -2.04. The van der Waals surface area contributed by atoms with Gasteiger partial charge in [-0.1, -0.05) is 30.4 Å². The highest BCUT2D eigenvalue weighted by Crippen LogP contribution is 2.22. The molecule has 0 heterocycles. The van der Waals surface area contributed by atoms with E-state index in [0.717, 1.165) is 18.4 Å². The maximum Gasteiger partial charge on any atom is 0.126 e. The SMILES string of the molecule is Oc1ccc(/C=C/C2=CCCC=C2F)cc1. The van der Waals surface area contributed by atoms with Crippen LogP contribution in [0, 0.1) is 0 Å². The van der Waals surface area contributed by atoms with E-state index in [1.807, 2.05) is 12.2 Å². The number of phenolic OH excluding ortho intramolecular Hbond substituents is 1. The van der Waals surface area contributed by atoms with Crippen molar-refractivity contribution >= 4 is 6.08 Å². The van der Waals surface area contributed by atoms with Crippen LogP contribution >= 0.6 is 0 Å². The van der Waals surface area contributed by atoms with Gasteiger partial charge >= 0.3 is 0 Å². The molecule has 2 heteroatoms. The molecule has 1 aromatic rings. The minimum absolute atomic E-state index is 0.152. The highest BCUT2D eigenvalue weighted by molar-refractivity contribution is 5.56. The highest BCUT2D eigenvalue weighted by atomic mass is 19.1. The summed E-state index contributed by atoms with van der Waals surface area (Å²) in [5, 5.41) is 9.11. The highest BCUT2D eigenvalue weighted by Gasteiger charge is 2.03. The van der Waals surface area contributed by atoms with Gasteiger partial charge in [-0.25, -0.2) is 4.39 Å². The molecule has 0 spiro atoms. The maximum atomic E-state index is 13.3. The fraction of sp³-hybridized carbons (Fsp3) is 0.143. The standard InChI is InChI=1S/C14H13FO/c15-14-4-2-1-3-12(14)8-5-11-6-9-13(16)10-7-11/h3-10,16H,1-2H2/b8-5+. The van der Waals surface area contributed by atoms with Crippen LogP contribution < -0.4 is 0 Å². The lowest BCUT2D eigenvalue weighted by molar-refractivity contribution is 0.475. The second-order valence-electron chi connectivity index (χ2n) is 3.71. The summed E-state index contributed by atoms with van der Waals surface area (Å²) in [5.41, 5.74) is 1.58. The quantitative estimate of drug-likeness (QED) is 0.792. The van der Waals surface area contributed by atoms with Crippen LogP contribution in [0.3, 0.4) is 0 Å². The van der Waals surface area contributed by atoms with Gasteiger partial charge < -0.3 is 5.11 Å². The van der Waals surface area contributed by atoms with E-state index in [0.29, 0.717) is 5.57 Å². The van der Waals surface area contributed by atoms with Gasteiger partial charge in [-0.2, -0.15) is 0 Å². The average Bonchev–Trinajstić information content (AvgIpc) is 2.30. The Morgan fingerprint density at radius 2 is 1.69 bits per heavy atom. The summed E-state index contributed by atoms with van der Waals surface area (Å²) in [5.74, 6) is 0.0846. The van der Waals surface area contributed by atoms with Crippen LogP contribution in [-0.2, 0) is 0 Å². The van der Waals surface area contributed by atoms with E-state index in [2.05, 4.69) is 0 Å². The molecule has 0 aliphatic heterocycles. The van der Waals surface area contributed by atoms with Crippen LogP contribution in [0.15, 0.2) is 53.9 Å². The lowest BCUT2D eigenvalue weighted by Crippen LogP contribution is -1.86. The fourth-order valence-electron chi connectivity index (χ4n) is 1.58. The minimum atomic E-state index is -0.152. The molecular formula is C14H13FO. The van der Waals surface area contributed by atoms with E-state index in [9.17, 15) is 4.39 Å². The van der Waals surface area contributed by atoms with Crippen molar-refractivity contribution in [2.75, 3.05) is 0 Å². The molecule has 1 aliphatic carbocycles. The Hall–Kier alpha value is -1.83. The first-order chi connectivity index (χ1) is 7.75. The van der Waals surface area contributed by atoms with E-state index in [4.69, 9.17) is 5.11 Å². The molecular weight excluding hydrogens is 203 g/mol. The molecule has 82 valence electrons. The van der Waals surface area contributed by atoms with Gasteiger partial charge in [-0.15, -0.1) is 0 Å². The molecule has 16 heavy (non-hydrogen) atoms. The van der Waals surface area contributed by atoms with Crippen molar-refractivity contribution in [2.24, 2.45) is 0 Å². The third kappa shape index (κ3) is 2.60. The third-order valence-corrected chi connectivity index (χ3v) is 2.48. The molecule has 0 unspecified atom stereocenters. The van der Waals surface area contributed by atoms with Gasteiger partial charge in [0.2, 0.25) is 0 Å². The summed E-state index contributed by atoms with van der Waals surface area (Å²) in [6, 6.07) is 6.80. The van der Waals surface area contributed by atoms with Crippen molar-refractivity contribution in [2.45, 2.75) is 12.8 Å². The van der Waals surface area contributed by atoms with Crippen molar-refractivity contribution in [3.63, 3.8) is 0 Å². The van der Waals surface area contributed by atoms with Crippen LogP contribution in [0.5, 0.6) is 5.75 Å². The Kier molecular flexibility index (Phi) is 3.20. The van der Waals surface area contributed by atoms with E-state index in [1.165, 1.54) is 0 Å². The topological polar surface area (TPSA) is 20.2 Å². The zero-order valence-electron chi connectivity index (χ0n) is 8.86. The first kappa shape index (κ1) is 10.7.